The maximum atomic E-state index is 13.0. The van der Waals surface area contributed by atoms with Gasteiger partial charge in [-0.25, -0.2) is 13.6 Å². The third-order valence-electron chi connectivity index (χ3n) is 6.43. The van der Waals surface area contributed by atoms with Crippen LogP contribution in [0.1, 0.15) is 65.5 Å². The Morgan fingerprint density at radius 1 is 1.00 bits per heavy atom. The molecule has 0 radical (unpaired) electrons. The Hall–Kier alpha value is -2.26. The van der Waals surface area contributed by atoms with Crippen LogP contribution in [0.3, 0.4) is 0 Å². The number of likely N-dealkylation sites (tertiary alicyclic amines) is 1. The largest absolute Gasteiger partial charge is 0.299 e. The number of hydrogen-bond acceptors (Lipinski definition) is 5. The molecule has 2 N–H and O–H groups in total. The van der Waals surface area contributed by atoms with Crippen molar-refractivity contribution in [3.05, 3.63) is 63.7 Å². The first-order chi connectivity index (χ1) is 15.4. The highest BCUT2D eigenvalue weighted by molar-refractivity contribution is 7.89. The Morgan fingerprint density at radius 2 is 1.55 bits per heavy atom. The molecular weight excluding hydrogens is 462 g/mol. The van der Waals surface area contributed by atoms with E-state index in [1.807, 2.05) is 0 Å². The second-order valence-electron chi connectivity index (χ2n) is 9.81. The molecule has 7 nitrogen and oxygen atoms in total. The van der Waals surface area contributed by atoms with Crippen molar-refractivity contribution in [2.75, 3.05) is 13.1 Å². The van der Waals surface area contributed by atoms with Crippen LogP contribution < -0.4 is 5.14 Å². The van der Waals surface area contributed by atoms with Gasteiger partial charge in [-0.2, -0.15) is 0 Å². The van der Waals surface area contributed by atoms with Crippen molar-refractivity contribution in [2.45, 2.75) is 56.5 Å². The van der Waals surface area contributed by atoms with Crippen LogP contribution >= 0.6 is 11.6 Å². The highest BCUT2D eigenvalue weighted by Gasteiger charge is 2.42. The summed E-state index contributed by atoms with van der Waals surface area (Å²) in [7, 11) is -4.11. The van der Waals surface area contributed by atoms with Crippen molar-refractivity contribution in [3.8, 4) is 0 Å². The number of amides is 2. The number of rotatable bonds is 4. The molecule has 176 valence electrons. The molecule has 4 rings (SSSR count). The lowest BCUT2D eigenvalue weighted by molar-refractivity contribution is 0.0497. The predicted molar refractivity (Wildman–Crippen MR) is 127 cm³/mol. The lowest BCUT2D eigenvalue weighted by atomic mass is 9.86. The van der Waals surface area contributed by atoms with Gasteiger partial charge in [0.25, 0.3) is 11.8 Å². The Bertz CT molecular complexity index is 1210. The number of piperidine rings is 1. The standard InChI is InChI=1S/C24H28ClN3O4S/c1-24(2,3)16-6-4-15(5-7-16)14-27-10-8-17(9-11-27)28-22(29)18-12-20(25)21(33(26,31)32)13-19(18)23(28)30/h4-7,12-13,17H,8-11,14H2,1-3H3,(H2,26,31,32). The molecule has 2 aliphatic heterocycles. The molecule has 2 aliphatic rings. The van der Waals surface area contributed by atoms with Gasteiger partial charge in [-0.3, -0.25) is 19.4 Å². The van der Waals surface area contributed by atoms with Gasteiger partial charge >= 0.3 is 0 Å². The summed E-state index contributed by atoms with van der Waals surface area (Å²) in [4.78, 5) is 29.2. The van der Waals surface area contributed by atoms with Gasteiger partial charge in [0.05, 0.1) is 16.1 Å². The smallest absolute Gasteiger partial charge is 0.261 e. The maximum absolute atomic E-state index is 13.0. The fraction of sp³-hybridized carbons (Fsp3) is 0.417. The van der Waals surface area contributed by atoms with Gasteiger partial charge in [-0.05, 0) is 41.5 Å². The summed E-state index contributed by atoms with van der Waals surface area (Å²) in [5, 5.41) is 5.03. The average Bonchev–Trinajstić information content (AvgIpc) is 2.97. The van der Waals surface area contributed by atoms with E-state index >= 15 is 0 Å². The van der Waals surface area contributed by atoms with Gasteiger partial charge in [0.2, 0.25) is 10.0 Å². The van der Waals surface area contributed by atoms with Crippen LogP contribution in [-0.4, -0.2) is 49.2 Å². The number of nitrogens with zero attached hydrogens (tertiary/aromatic N) is 2. The summed E-state index contributed by atoms with van der Waals surface area (Å²) in [6.07, 6.45) is 1.31. The lowest BCUT2D eigenvalue weighted by Gasteiger charge is -2.35. The molecule has 0 aliphatic carbocycles. The van der Waals surface area contributed by atoms with E-state index in [0.717, 1.165) is 25.7 Å². The zero-order valence-electron chi connectivity index (χ0n) is 19.0. The normalized spacial score (nSPS) is 18.2. The summed E-state index contributed by atoms with van der Waals surface area (Å²) in [6.45, 7) is 8.89. The van der Waals surface area contributed by atoms with Crippen LogP contribution in [0.2, 0.25) is 5.02 Å². The van der Waals surface area contributed by atoms with E-state index in [1.165, 1.54) is 22.1 Å². The molecule has 0 bridgehead atoms. The molecule has 0 unspecified atom stereocenters. The zero-order chi connectivity index (χ0) is 24.1. The average molecular weight is 490 g/mol. The second-order valence-corrected chi connectivity index (χ2v) is 11.7. The molecule has 0 aromatic heterocycles. The van der Waals surface area contributed by atoms with E-state index in [9.17, 15) is 18.0 Å². The number of nitrogens with two attached hydrogens (primary N) is 1. The molecule has 0 atom stereocenters. The first-order valence-electron chi connectivity index (χ1n) is 10.9. The number of sulfonamides is 1. The third-order valence-corrected chi connectivity index (χ3v) is 7.80. The minimum absolute atomic E-state index is 0.0368. The van der Waals surface area contributed by atoms with E-state index in [1.54, 1.807) is 0 Å². The van der Waals surface area contributed by atoms with Crippen molar-refractivity contribution >= 4 is 33.4 Å². The predicted octanol–water partition coefficient (Wildman–Crippen LogP) is 3.55. The van der Waals surface area contributed by atoms with Gasteiger partial charge in [-0.15, -0.1) is 0 Å². The zero-order valence-corrected chi connectivity index (χ0v) is 20.5. The topological polar surface area (TPSA) is 101 Å². The van der Waals surface area contributed by atoms with Gasteiger partial charge in [0.15, 0.2) is 0 Å². The van der Waals surface area contributed by atoms with Crippen molar-refractivity contribution in [3.63, 3.8) is 0 Å². The van der Waals surface area contributed by atoms with Crippen LogP contribution in [0.15, 0.2) is 41.3 Å². The van der Waals surface area contributed by atoms with E-state index < -0.39 is 21.8 Å². The van der Waals surface area contributed by atoms with E-state index in [0.29, 0.717) is 12.8 Å². The van der Waals surface area contributed by atoms with Crippen LogP contribution in [-0.2, 0) is 22.0 Å². The van der Waals surface area contributed by atoms with E-state index in [-0.39, 0.29) is 32.5 Å². The van der Waals surface area contributed by atoms with Crippen molar-refractivity contribution in [2.24, 2.45) is 5.14 Å². The monoisotopic (exact) mass is 489 g/mol. The fourth-order valence-electron chi connectivity index (χ4n) is 4.51. The van der Waals surface area contributed by atoms with Gasteiger partial charge in [0, 0.05) is 25.7 Å². The summed E-state index contributed by atoms with van der Waals surface area (Å²) < 4.78 is 23.5. The SMILES string of the molecule is CC(C)(C)c1ccc(CN2CCC(N3C(=O)c4cc(Cl)c(S(N)(=O)=O)cc4C3=O)CC2)cc1. The quantitative estimate of drug-likeness (QED) is 0.662. The van der Waals surface area contributed by atoms with Crippen molar-refractivity contribution < 1.29 is 18.0 Å². The van der Waals surface area contributed by atoms with E-state index in [2.05, 4.69) is 49.9 Å². The van der Waals surface area contributed by atoms with Gasteiger partial charge < -0.3 is 0 Å². The molecule has 2 aromatic rings. The lowest BCUT2D eigenvalue weighted by Crippen LogP contribution is -2.47. The number of carbonyl (C=O) groups excluding carboxylic acids is 2. The second kappa shape index (κ2) is 8.51. The summed E-state index contributed by atoms with van der Waals surface area (Å²) in [5.74, 6) is -0.929. The minimum atomic E-state index is -4.11. The first kappa shape index (κ1) is 23.9. The molecule has 2 heterocycles. The molecule has 9 heteroatoms. The Morgan fingerprint density at radius 3 is 2.06 bits per heavy atom. The van der Waals surface area contributed by atoms with Gasteiger partial charge in [0.1, 0.15) is 4.90 Å². The van der Waals surface area contributed by atoms with Crippen LogP contribution in [0.25, 0.3) is 0 Å². The van der Waals surface area contributed by atoms with Crippen LogP contribution in [0.4, 0.5) is 0 Å². The first-order valence-corrected chi connectivity index (χ1v) is 12.8. The molecule has 2 amide bonds. The molecule has 0 spiro atoms. The number of fused-ring (bicyclic) bond motifs is 1. The minimum Gasteiger partial charge on any atom is -0.299 e. The molecule has 0 saturated carbocycles. The Labute approximate surface area is 199 Å². The number of halogens is 1. The maximum Gasteiger partial charge on any atom is 0.261 e. The molecule has 2 aromatic carbocycles. The molecule has 1 fully saturated rings. The van der Waals surface area contributed by atoms with Crippen LogP contribution in [0, 0.1) is 0 Å². The van der Waals surface area contributed by atoms with Gasteiger partial charge in [-0.1, -0.05) is 56.6 Å². The number of carbonyl (C=O) groups is 2. The number of imide groups is 1. The number of benzene rings is 2. The number of hydrogen-bond donors (Lipinski definition) is 1. The van der Waals surface area contributed by atoms with Crippen LogP contribution in [0.5, 0.6) is 0 Å². The highest BCUT2D eigenvalue weighted by atomic mass is 35.5. The molecule has 33 heavy (non-hydrogen) atoms. The molecular formula is C24H28ClN3O4S. The Balaban J connectivity index is 1.43. The van der Waals surface area contributed by atoms with Crippen molar-refractivity contribution in [1.29, 1.82) is 0 Å². The molecule has 1 saturated heterocycles. The summed E-state index contributed by atoms with van der Waals surface area (Å²) in [6, 6.07) is 10.8. The fourth-order valence-corrected chi connectivity index (χ4v) is 5.61. The van der Waals surface area contributed by atoms with E-state index in [4.69, 9.17) is 16.7 Å². The van der Waals surface area contributed by atoms with Crippen molar-refractivity contribution in [1.82, 2.24) is 9.80 Å². The summed E-state index contributed by atoms with van der Waals surface area (Å²) in [5.41, 5.74) is 2.80. The highest BCUT2D eigenvalue weighted by Crippen LogP contribution is 2.34. The third kappa shape index (κ3) is 4.71. The number of primary sulfonamides is 1. The summed E-state index contributed by atoms with van der Waals surface area (Å²) >= 11 is 6.02. The Kier molecular flexibility index (Phi) is 6.16.